The second-order valence-electron chi connectivity index (χ2n) is 7.11. The summed E-state index contributed by atoms with van der Waals surface area (Å²) >= 11 is 0. The van der Waals surface area contributed by atoms with Crippen molar-refractivity contribution in [3.8, 4) is 0 Å². The largest absolute Gasteiger partial charge is 0.349 e. The predicted octanol–water partition coefficient (Wildman–Crippen LogP) is 3.33. The normalized spacial score (nSPS) is 14.6. The van der Waals surface area contributed by atoms with Crippen molar-refractivity contribution < 1.29 is 14.4 Å². The van der Waals surface area contributed by atoms with Crippen molar-refractivity contribution in [3.63, 3.8) is 0 Å². The summed E-state index contributed by atoms with van der Waals surface area (Å²) in [6.45, 7) is 4.17. The van der Waals surface area contributed by atoms with Gasteiger partial charge in [-0.05, 0) is 43.2 Å². The van der Waals surface area contributed by atoms with Gasteiger partial charge in [-0.3, -0.25) is 14.4 Å². The molecule has 1 unspecified atom stereocenters. The van der Waals surface area contributed by atoms with E-state index in [-0.39, 0.29) is 30.2 Å². The van der Waals surface area contributed by atoms with E-state index < -0.39 is 0 Å². The number of rotatable bonds is 6. The maximum atomic E-state index is 12.5. The summed E-state index contributed by atoms with van der Waals surface area (Å²) in [5.74, 6) is -0.240. The van der Waals surface area contributed by atoms with Gasteiger partial charge in [0.15, 0.2) is 0 Å². The second kappa shape index (κ2) is 8.69. The van der Waals surface area contributed by atoms with Crippen LogP contribution >= 0.6 is 0 Å². The molecule has 3 rings (SSSR count). The van der Waals surface area contributed by atoms with Gasteiger partial charge in [-0.25, -0.2) is 0 Å². The summed E-state index contributed by atoms with van der Waals surface area (Å²) < 4.78 is 0. The molecule has 1 aliphatic rings. The number of aryl methyl sites for hydroxylation is 1. The van der Waals surface area contributed by atoms with Crippen LogP contribution in [0.3, 0.4) is 0 Å². The molecule has 2 aromatic rings. The number of benzene rings is 2. The third-order valence-electron chi connectivity index (χ3n) is 4.78. The molecule has 6 nitrogen and oxygen atoms in total. The van der Waals surface area contributed by atoms with E-state index in [9.17, 15) is 14.4 Å². The second-order valence-corrected chi connectivity index (χ2v) is 7.11. The molecule has 146 valence electrons. The lowest BCUT2D eigenvalue weighted by molar-refractivity contribution is -0.120. The number of hydrogen-bond acceptors (Lipinski definition) is 3. The fraction of sp³-hybridized carbons (Fsp3) is 0.318. The molecule has 0 spiro atoms. The Hall–Kier alpha value is -3.15. The summed E-state index contributed by atoms with van der Waals surface area (Å²) in [5, 5.41) is 5.70. The smallest absolute Gasteiger partial charge is 0.227 e. The fourth-order valence-corrected chi connectivity index (χ4v) is 3.34. The van der Waals surface area contributed by atoms with Crippen molar-refractivity contribution in [3.05, 3.63) is 59.7 Å². The van der Waals surface area contributed by atoms with E-state index in [0.717, 1.165) is 29.8 Å². The fourth-order valence-electron chi connectivity index (χ4n) is 3.34. The summed E-state index contributed by atoms with van der Waals surface area (Å²) in [6, 6.07) is 14.6. The summed E-state index contributed by atoms with van der Waals surface area (Å²) in [6.07, 6.45) is 1.60. The molecule has 0 aliphatic carbocycles. The van der Waals surface area contributed by atoms with Gasteiger partial charge in [0, 0.05) is 31.3 Å². The molecule has 0 bridgehead atoms. The molecule has 1 saturated heterocycles. The molecule has 0 aromatic heterocycles. The minimum absolute atomic E-state index is 0.132. The van der Waals surface area contributed by atoms with E-state index in [0.29, 0.717) is 12.1 Å². The van der Waals surface area contributed by atoms with Gasteiger partial charge in [0.05, 0.1) is 12.5 Å². The van der Waals surface area contributed by atoms with Crippen LogP contribution in [-0.2, 0) is 14.4 Å². The molecule has 6 heteroatoms. The van der Waals surface area contributed by atoms with Gasteiger partial charge in [-0.2, -0.15) is 0 Å². The minimum atomic E-state index is -0.389. The SMILES string of the molecule is CC(=O)NC(CC(=O)Nc1ccc(N2CCCC2=O)cc1)c1ccc(C)cc1. The molecule has 0 saturated carbocycles. The quantitative estimate of drug-likeness (QED) is 0.808. The maximum absolute atomic E-state index is 12.5. The molecule has 0 radical (unpaired) electrons. The third kappa shape index (κ3) is 4.97. The van der Waals surface area contributed by atoms with Gasteiger partial charge in [-0.1, -0.05) is 29.8 Å². The van der Waals surface area contributed by atoms with E-state index in [1.54, 1.807) is 17.0 Å². The number of amides is 3. The molecule has 2 aromatic carbocycles. The van der Waals surface area contributed by atoms with Crippen molar-refractivity contribution in [1.29, 1.82) is 0 Å². The lowest BCUT2D eigenvalue weighted by Crippen LogP contribution is -2.29. The van der Waals surface area contributed by atoms with Crippen LogP contribution in [0.15, 0.2) is 48.5 Å². The third-order valence-corrected chi connectivity index (χ3v) is 4.78. The van der Waals surface area contributed by atoms with Gasteiger partial charge >= 0.3 is 0 Å². The van der Waals surface area contributed by atoms with Crippen molar-refractivity contribution in [2.75, 3.05) is 16.8 Å². The van der Waals surface area contributed by atoms with Gasteiger partial charge in [0.1, 0.15) is 0 Å². The van der Waals surface area contributed by atoms with Crippen LogP contribution in [0.2, 0.25) is 0 Å². The van der Waals surface area contributed by atoms with Crippen LogP contribution < -0.4 is 15.5 Å². The number of nitrogens with one attached hydrogen (secondary N) is 2. The highest BCUT2D eigenvalue weighted by atomic mass is 16.2. The summed E-state index contributed by atoms with van der Waals surface area (Å²) in [7, 11) is 0. The first kappa shape index (κ1) is 19.6. The zero-order valence-corrected chi connectivity index (χ0v) is 16.2. The number of hydrogen-bond donors (Lipinski definition) is 2. The Kier molecular flexibility index (Phi) is 6.09. The average Bonchev–Trinajstić information content (AvgIpc) is 3.08. The Morgan fingerprint density at radius 1 is 1.07 bits per heavy atom. The van der Waals surface area contributed by atoms with Crippen LogP contribution in [0.1, 0.15) is 43.4 Å². The zero-order chi connectivity index (χ0) is 20.1. The molecular weight excluding hydrogens is 354 g/mol. The van der Waals surface area contributed by atoms with Crippen LogP contribution in [0, 0.1) is 6.92 Å². The van der Waals surface area contributed by atoms with Gasteiger partial charge in [0.25, 0.3) is 0 Å². The topological polar surface area (TPSA) is 78.5 Å². The first-order valence-electron chi connectivity index (χ1n) is 9.46. The molecule has 1 heterocycles. The van der Waals surface area contributed by atoms with Gasteiger partial charge in [0.2, 0.25) is 17.7 Å². The monoisotopic (exact) mass is 379 g/mol. The van der Waals surface area contributed by atoms with E-state index in [1.165, 1.54) is 6.92 Å². The lowest BCUT2D eigenvalue weighted by Gasteiger charge is -2.19. The number of nitrogens with zero attached hydrogens (tertiary/aromatic N) is 1. The van der Waals surface area contributed by atoms with Crippen LogP contribution in [0.4, 0.5) is 11.4 Å². The van der Waals surface area contributed by atoms with Crippen LogP contribution in [0.5, 0.6) is 0 Å². The molecule has 3 amide bonds. The highest BCUT2D eigenvalue weighted by Crippen LogP contribution is 2.24. The van der Waals surface area contributed by atoms with Gasteiger partial charge < -0.3 is 15.5 Å². The van der Waals surface area contributed by atoms with E-state index in [4.69, 9.17) is 0 Å². The molecule has 2 N–H and O–H groups in total. The Morgan fingerprint density at radius 3 is 2.32 bits per heavy atom. The molecule has 1 aliphatic heterocycles. The maximum Gasteiger partial charge on any atom is 0.227 e. The summed E-state index contributed by atoms with van der Waals surface area (Å²) in [4.78, 5) is 37.6. The first-order chi connectivity index (χ1) is 13.4. The zero-order valence-electron chi connectivity index (χ0n) is 16.2. The molecular formula is C22H25N3O3. The van der Waals surface area contributed by atoms with Crippen LogP contribution in [-0.4, -0.2) is 24.3 Å². The Labute approximate surface area is 164 Å². The van der Waals surface area contributed by atoms with E-state index in [1.807, 2.05) is 43.3 Å². The lowest BCUT2D eigenvalue weighted by atomic mass is 10.0. The first-order valence-corrected chi connectivity index (χ1v) is 9.46. The molecule has 1 fully saturated rings. The Morgan fingerprint density at radius 2 is 1.75 bits per heavy atom. The standard InChI is InChI=1S/C22H25N3O3/c1-15-5-7-17(8-6-15)20(23-16(2)26)14-21(27)24-18-9-11-19(12-10-18)25-13-3-4-22(25)28/h5-12,20H,3-4,13-14H2,1-2H3,(H,23,26)(H,24,27). The average molecular weight is 379 g/mol. The predicted molar refractivity (Wildman–Crippen MR) is 109 cm³/mol. The Balaban J connectivity index is 1.64. The van der Waals surface area contributed by atoms with Crippen LogP contribution in [0.25, 0.3) is 0 Å². The number of anilines is 2. The Bertz CT molecular complexity index is 860. The van der Waals surface area contributed by atoms with E-state index in [2.05, 4.69) is 10.6 Å². The number of carbonyl (C=O) groups excluding carboxylic acids is 3. The van der Waals surface area contributed by atoms with Crippen molar-refractivity contribution >= 4 is 29.1 Å². The van der Waals surface area contributed by atoms with Crippen molar-refractivity contribution in [2.24, 2.45) is 0 Å². The molecule has 28 heavy (non-hydrogen) atoms. The number of carbonyl (C=O) groups is 3. The van der Waals surface area contributed by atoms with Gasteiger partial charge in [-0.15, -0.1) is 0 Å². The van der Waals surface area contributed by atoms with Crippen molar-refractivity contribution in [1.82, 2.24) is 5.32 Å². The minimum Gasteiger partial charge on any atom is -0.349 e. The highest BCUT2D eigenvalue weighted by Gasteiger charge is 2.21. The summed E-state index contributed by atoms with van der Waals surface area (Å²) in [5.41, 5.74) is 3.51. The van der Waals surface area contributed by atoms with Crippen molar-refractivity contribution in [2.45, 2.75) is 39.2 Å². The molecule has 1 atom stereocenters. The highest BCUT2D eigenvalue weighted by molar-refractivity contribution is 5.96. The van der Waals surface area contributed by atoms with E-state index >= 15 is 0 Å².